The predicted octanol–water partition coefficient (Wildman–Crippen LogP) is 6.80. The van der Waals surface area contributed by atoms with Crippen molar-refractivity contribution in [3.63, 3.8) is 0 Å². The monoisotopic (exact) mass is 544 g/mol. The normalized spacial score (nSPS) is 12.0. The second kappa shape index (κ2) is 10.7. The molecule has 0 fully saturated rings. The number of thiophene rings is 1. The van der Waals surface area contributed by atoms with Gasteiger partial charge in [0.1, 0.15) is 21.9 Å². The maximum atomic E-state index is 13.3. The van der Waals surface area contributed by atoms with Crippen LogP contribution in [0.2, 0.25) is 0 Å². The molecule has 0 radical (unpaired) electrons. The van der Waals surface area contributed by atoms with Gasteiger partial charge in [-0.25, -0.2) is 9.79 Å². The summed E-state index contributed by atoms with van der Waals surface area (Å²) in [6.07, 6.45) is -4.57. The first-order valence-corrected chi connectivity index (χ1v) is 12.3. The maximum Gasteiger partial charge on any atom is 0.416 e. The van der Waals surface area contributed by atoms with E-state index in [1.54, 1.807) is 32.0 Å². The summed E-state index contributed by atoms with van der Waals surface area (Å²) in [6.45, 7) is 5.45. The van der Waals surface area contributed by atoms with E-state index in [2.05, 4.69) is 10.3 Å². The third kappa shape index (κ3) is 5.57. The highest BCUT2D eigenvalue weighted by Crippen LogP contribution is 2.35. The Balaban J connectivity index is 1.89. The van der Waals surface area contributed by atoms with E-state index in [0.29, 0.717) is 22.3 Å². The van der Waals surface area contributed by atoms with Crippen LogP contribution in [0.25, 0.3) is 11.0 Å². The van der Waals surface area contributed by atoms with Gasteiger partial charge in [-0.05, 0) is 68.8 Å². The maximum absolute atomic E-state index is 13.3. The van der Waals surface area contributed by atoms with Crippen LogP contribution in [-0.2, 0) is 10.9 Å². The molecule has 2 aromatic carbocycles. The second-order valence-corrected chi connectivity index (χ2v) is 9.40. The van der Waals surface area contributed by atoms with Crippen LogP contribution in [0, 0.1) is 13.8 Å². The fourth-order valence-corrected chi connectivity index (χ4v) is 4.69. The number of aryl methyl sites for hydroxylation is 1. The number of hydrogen-bond donors (Lipinski definition) is 1. The fraction of sp³-hybridized carbons (Fsp3) is 0.222. The van der Waals surface area contributed by atoms with Crippen LogP contribution in [0.4, 0.5) is 23.9 Å². The van der Waals surface area contributed by atoms with Gasteiger partial charge in [0, 0.05) is 16.0 Å². The molecule has 0 saturated heterocycles. The van der Waals surface area contributed by atoms with E-state index in [9.17, 15) is 22.8 Å². The standard InChI is InChI=1S/C27H23F3N2O5S/c1-5-36-26(34)22-14(2)15(3)38-25(22)32-24-20(12-16-11-19(35-4)9-10-21(16)37-24)23(33)31-18-8-6-7-17(13-18)27(28,29)30/h6-13H,5H2,1-4H3,(H,31,33). The third-order valence-electron chi connectivity index (χ3n) is 5.70. The Bertz CT molecular complexity index is 1600. The lowest BCUT2D eigenvalue weighted by atomic mass is 10.1. The van der Waals surface area contributed by atoms with Crippen LogP contribution >= 0.6 is 11.3 Å². The van der Waals surface area contributed by atoms with E-state index in [1.807, 2.05) is 6.92 Å². The molecule has 0 aliphatic heterocycles. The number of ether oxygens (including phenoxy) is 2. The van der Waals surface area contributed by atoms with E-state index in [4.69, 9.17) is 13.9 Å². The van der Waals surface area contributed by atoms with Crippen molar-refractivity contribution < 1.29 is 36.7 Å². The van der Waals surface area contributed by atoms with Crippen molar-refractivity contribution in [3.8, 4) is 5.75 Å². The van der Waals surface area contributed by atoms with Gasteiger partial charge in [-0.1, -0.05) is 6.07 Å². The fourth-order valence-electron chi connectivity index (χ4n) is 3.68. The van der Waals surface area contributed by atoms with Crippen LogP contribution < -0.4 is 15.6 Å². The number of carbonyl (C=O) groups is 2. The Morgan fingerprint density at radius 2 is 1.87 bits per heavy atom. The number of esters is 1. The van der Waals surface area contributed by atoms with E-state index in [0.717, 1.165) is 17.0 Å². The lowest BCUT2D eigenvalue weighted by molar-refractivity contribution is -0.137. The Labute approximate surface area is 219 Å². The van der Waals surface area contributed by atoms with Crippen molar-refractivity contribution in [1.29, 1.82) is 0 Å². The Hall–Kier alpha value is -4.12. The number of nitrogens with zero attached hydrogens (tertiary/aromatic N) is 1. The predicted molar refractivity (Wildman–Crippen MR) is 137 cm³/mol. The van der Waals surface area contributed by atoms with Crippen LogP contribution in [0.15, 0.2) is 57.9 Å². The number of anilines is 1. The Morgan fingerprint density at radius 3 is 2.55 bits per heavy atom. The first kappa shape index (κ1) is 26.9. The van der Waals surface area contributed by atoms with Crippen LogP contribution in [0.1, 0.15) is 43.6 Å². The second-order valence-electron chi connectivity index (χ2n) is 8.20. The van der Waals surface area contributed by atoms with Crippen LogP contribution in [0.3, 0.4) is 0 Å². The zero-order valence-electron chi connectivity index (χ0n) is 20.9. The number of halogens is 3. The van der Waals surface area contributed by atoms with Gasteiger partial charge in [0.2, 0.25) is 5.55 Å². The number of carbonyl (C=O) groups excluding carboxylic acids is 2. The summed E-state index contributed by atoms with van der Waals surface area (Å²) < 4.78 is 55.9. The number of fused-ring (bicyclic) bond motifs is 1. The number of nitrogens with one attached hydrogen (secondary N) is 1. The summed E-state index contributed by atoms with van der Waals surface area (Å²) in [5.41, 5.74) is 0.174. The molecule has 4 aromatic rings. The molecule has 7 nitrogen and oxygen atoms in total. The summed E-state index contributed by atoms with van der Waals surface area (Å²) in [4.78, 5) is 31.3. The van der Waals surface area contributed by atoms with E-state index in [-0.39, 0.29) is 34.0 Å². The number of amides is 1. The van der Waals surface area contributed by atoms with Crippen molar-refractivity contribution in [2.75, 3.05) is 19.0 Å². The minimum Gasteiger partial charge on any atom is -0.497 e. The van der Waals surface area contributed by atoms with Crippen LogP contribution in [0.5, 0.6) is 5.75 Å². The molecular weight excluding hydrogens is 521 g/mol. The number of rotatable bonds is 6. The van der Waals surface area contributed by atoms with E-state index < -0.39 is 23.6 Å². The smallest absolute Gasteiger partial charge is 0.416 e. The van der Waals surface area contributed by atoms with Gasteiger partial charge in [0.05, 0.1) is 24.8 Å². The van der Waals surface area contributed by atoms with Crippen molar-refractivity contribution in [2.45, 2.75) is 26.9 Å². The summed E-state index contributed by atoms with van der Waals surface area (Å²) >= 11 is 1.23. The Morgan fingerprint density at radius 1 is 1.11 bits per heavy atom. The SMILES string of the molecule is CCOC(=O)c1c(N=c2oc3ccc(OC)cc3cc2C(=O)Nc2cccc(C(F)(F)F)c2)sc(C)c1C. The zero-order chi connectivity index (χ0) is 27.6. The first-order chi connectivity index (χ1) is 18.0. The average Bonchev–Trinajstić information content (AvgIpc) is 3.15. The summed E-state index contributed by atoms with van der Waals surface area (Å²) in [6, 6.07) is 10.7. The molecule has 0 unspecified atom stereocenters. The molecule has 11 heteroatoms. The van der Waals surface area contributed by atoms with Gasteiger partial charge in [0.25, 0.3) is 5.91 Å². The van der Waals surface area contributed by atoms with Crippen molar-refractivity contribution in [3.05, 3.63) is 81.2 Å². The highest BCUT2D eigenvalue weighted by Gasteiger charge is 2.30. The lowest BCUT2D eigenvalue weighted by Gasteiger charge is -2.10. The largest absolute Gasteiger partial charge is 0.497 e. The number of benzene rings is 2. The Kier molecular flexibility index (Phi) is 7.58. The van der Waals surface area contributed by atoms with Crippen molar-refractivity contribution in [2.24, 2.45) is 4.99 Å². The molecule has 0 aliphatic rings. The highest BCUT2D eigenvalue weighted by atomic mass is 32.1. The molecule has 198 valence electrons. The van der Waals surface area contributed by atoms with Crippen LogP contribution in [-0.4, -0.2) is 25.6 Å². The van der Waals surface area contributed by atoms with E-state index in [1.165, 1.54) is 36.6 Å². The molecule has 0 bridgehead atoms. The average molecular weight is 545 g/mol. The van der Waals surface area contributed by atoms with Crippen molar-refractivity contribution >= 4 is 44.9 Å². The molecule has 1 amide bonds. The van der Waals surface area contributed by atoms with Gasteiger partial charge in [-0.2, -0.15) is 13.2 Å². The molecule has 38 heavy (non-hydrogen) atoms. The molecule has 0 atom stereocenters. The van der Waals surface area contributed by atoms with Gasteiger partial charge in [0.15, 0.2) is 0 Å². The first-order valence-electron chi connectivity index (χ1n) is 11.4. The number of methoxy groups -OCH3 is 1. The molecule has 2 aromatic heterocycles. The quantitative estimate of drug-likeness (QED) is 0.270. The van der Waals surface area contributed by atoms with Gasteiger partial charge in [-0.15, -0.1) is 11.3 Å². The molecule has 2 heterocycles. The number of alkyl halides is 3. The minimum atomic E-state index is -4.57. The highest BCUT2D eigenvalue weighted by molar-refractivity contribution is 7.16. The third-order valence-corrected chi connectivity index (χ3v) is 6.80. The molecular formula is C27H23F3N2O5S. The molecule has 0 aliphatic carbocycles. The molecule has 0 spiro atoms. The van der Waals surface area contributed by atoms with Crippen molar-refractivity contribution in [1.82, 2.24) is 0 Å². The number of hydrogen-bond acceptors (Lipinski definition) is 7. The molecule has 1 N–H and O–H groups in total. The van der Waals surface area contributed by atoms with E-state index >= 15 is 0 Å². The molecule has 4 rings (SSSR count). The van der Waals surface area contributed by atoms with Gasteiger partial charge >= 0.3 is 12.1 Å². The lowest BCUT2D eigenvalue weighted by Crippen LogP contribution is -2.22. The zero-order valence-corrected chi connectivity index (χ0v) is 21.7. The van der Waals surface area contributed by atoms with Gasteiger partial charge < -0.3 is 19.2 Å². The minimum absolute atomic E-state index is 0.0540. The summed E-state index contributed by atoms with van der Waals surface area (Å²) in [5.74, 6) is -0.802. The van der Waals surface area contributed by atoms with Gasteiger partial charge in [-0.3, -0.25) is 4.79 Å². The topological polar surface area (TPSA) is 90.1 Å². The summed E-state index contributed by atoms with van der Waals surface area (Å²) in [7, 11) is 1.49. The molecule has 0 saturated carbocycles. The summed E-state index contributed by atoms with van der Waals surface area (Å²) in [5, 5.41) is 3.27.